The van der Waals surface area contributed by atoms with Crippen molar-refractivity contribution in [2.24, 2.45) is 0 Å². The Kier molecular flexibility index (Phi) is 8.38. The number of sulfone groups is 4. The van der Waals surface area contributed by atoms with Gasteiger partial charge in [0.25, 0.3) is 19.7 Å². The highest BCUT2D eigenvalue weighted by Crippen LogP contribution is 2.51. The highest BCUT2D eigenvalue weighted by atomic mass is 32.3. The van der Waals surface area contributed by atoms with Crippen molar-refractivity contribution in [2.45, 2.75) is 134 Å². The topological polar surface area (TPSA) is 173 Å². The monoisotopic (exact) mass is 598 g/mol. The zero-order valence-corrected chi connectivity index (χ0v) is 24.4. The van der Waals surface area contributed by atoms with Gasteiger partial charge in [0.15, 0.2) is 19.7 Å². The summed E-state index contributed by atoms with van der Waals surface area (Å²) in [7, 11) is -19.1. The zero-order valence-electron chi connectivity index (χ0n) is 21.1. The average molecular weight is 599 g/mol. The van der Waals surface area contributed by atoms with E-state index in [2.05, 4.69) is 4.79 Å². The van der Waals surface area contributed by atoms with E-state index in [9.17, 15) is 39.2 Å². The molecule has 14 heteroatoms. The maximum absolute atomic E-state index is 14.4. The standard InChI is InChI=1S/C23H38N2O8S4/c24-25-22(35(28,29)19-12-7-8-13-19)37(32,33)23(36(30,31)20-14-5-2-6-15-20)17-9-16-21(23)34(26,27)18-10-3-1-4-11-18/h18-21H,1-17H2. The predicted octanol–water partition coefficient (Wildman–Crippen LogP) is 3.09. The molecule has 4 aliphatic carbocycles. The van der Waals surface area contributed by atoms with Crippen molar-refractivity contribution in [3.05, 3.63) is 5.53 Å². The van der Waals surface area contributed by atoms with Crippen LogP contribution in [0.5, 0.6) is 0 Å². The van der Waals surface area contributed by atoms with E-state index in [1.807, 2.05) is 0 Å². The van der Waals surface area contributed by atoms with Crippen molar-refractivity contribution in [3.63, 3.8) is 0 Å². The van der Waals surface area contributed by atoms with E-state index in [1.165, 1.54) is 0 Å². The van der Waals surface area contributed by atoms with Crippen LogP contribution in [0, 0.1) is 0 Å². The van der Waals surface area contributed by atoms with Crippen LogP contribution in [-0.4, -0.2) is 67.9 Å². The molecule has 0 saturated heterocycles. The first-order valence-electron chi connectivity index (χ1n) is 13.5. The minimum Gasteiger partial charge on any atom is -0.359 e. The molecule has 2 atom stereocenters. The van der Waals surface area contributed by atoms with E-state index in [0.29, 0.717) is 51.4 Å². The van der Waals surface area contributed by atoms with Gasteiger partial charge in [-0.25, -0.2) is 33.7 Å². The fourth-order valence-corrected chi connectivity index (χ4v) is 20.5. The Morgan fingerprint density at radius 3 is 1.57 bits per heavy atom. The summed E-state index contributed by atoms with van der Waals surface area (Å²) in [5.74, 6) is 0. The van der Waals surface area contributed by atoms with Crippen molar-refractivity contribution in [3.8, 4) is 0 Å². The van der Waals surface area contributed by atoms with Gasteiger partial charge in [0, 0.05) is 0 Å². The minimum absolute atomic E-state index is 0.00395. The summed E-state index contributed by atoms with van der Waals surface area (Å²) in [6.07, 6.45) is 5.79. The molecule has 0 spiro atoms. The Labute approximate surface area is 221 Å². The molecule has 4 fully saturated rings. The van der Waals surface area contributed by atoms with E-state index >= 15 is 0 Å². The number of hydrogen-bond donors (Lipinski definition) is 0. The Morgan fingerprint density at radius 1 is 0.595 bits per heavy atom. The first-order valence-corrected chi connectivity index (χ1v) is 19.7. The lowest BCUT2D eigenvalue weighted by Gasteiger charge is -2.38. The molecule has 37 heavy (non-hydrogen) atoms. The largest absolute Gasteiger partial charge is 0.496 e. The molecule has 0 aromatic carbocycles. The highest BCUT2D eigenvalue weighted by Gasteiger charge is 2.73. The molecule has 0 heterocycles. The first-order chi connectivity index (χ1) is 17.3. The molecule has 4 rings (SSSR count). The van der Waals surface area contributed by atoms with Crippen molar-refractivity contribution in [1.29, 1.82) is 0 Å². The van der Waals surface area contributed by atoms with Gasteiger partial charge in [-0.15, -0.1) is 4.79 Å². The lowest BCUT2D eigenvalue weighted by molar-refractivity contribution is 0.00362. The van der Waals surface area contributed by atoms with Crippen molar-refractivity contribution < 1.29 is 38.5 Å². The summed E-state index contributed by atoms with van der Waals surface area (Å²) in [6.45, 7) is 0. The molecule has 0 bridgehead atoms. The lowest BCUT2D eigenvalue weighted by atomic mass is 10.0. The average Bonchev–Trinajstić information content (AvgIpc) is 3.57. The van der Waals surface area contributed by atoms with E-state index in [0.717, 1.165) is 12.8 Å². The summed E-state index contributed by atoms with van der Waals surface area (Å²) in [5.41, 5.74) is 9.83. The summed E-state index contributed by atoms with van der Waals surface area (Å²) in [4.78, 5) is 2.73. The molecule has 0 aromatic rings. The highest BCUT2D eigenvalue weighted by molar-refractivity contribution is 8.35. The van der Waals surface area contributed by atoms with Gasteiger partial charge in [0.1, 0.15) is 0 Å². The molecular weight excluding hydrogens is 561 g/mol. The molecule has 212 valence electrons. The zero-order chi connectivity index (χ0) is 27.1. The smallest absolute Gasteiger partial charge is 0.359 e. The third-order valence-electron chi connectivity index (χ3n) is 9.12. The maximum Gasteiger partial charge on any atom is 0.496 e. The fraction of sp³-hybridized carbons (Fsp3) is 0.957. The second-order valence-corrected chi connectivity index (χ2v) is 20.8. The predicted molar refractivity (Wildman–Crippen MR) is 141 cm³/mol. The number of rotatable bonds is 6. The van der Waals surface area contributed by atoms with Gasteiger partial charge in [0.05, 0.1) is 21.0 Å². The maximum atomic E-state index is 14.4. The van der Waals surface area contributed by atoms with Gasteiger partial charge < -0.3 is 5.53 Å². The van der Waals surface area contributed by atoms with Crippen LogP contribution in [0.25, 0.3) is 5.53 Å². The van der Waals surface area contributed by atoms with E-state index < -0.39 is 75.2 Å². The molecule has 0 aliphatic heterocycles. The Morgan fingerprint density at radius 2 is 1.05 bits per heavy atom. The normalized spacial score (nSPS) is 29.8. The van der Waals surface area contributed by atoms with Crippen LogP contribution in [-0.2, 0) is 39.3 Å². The molecule has 4 aliphatic rings. The summed E-state index contributed by atoms with van der Waals surface area (Å²) in [6, 6.07) is 0. The lowest BCUT2D eigenvalue weighted by Crippen LogP contribution is -2.62. The van der Waals surface area contributed by atoms with Gasteiger partial charge in [0.2, 0.25) is 4.08 Å². The number of hydrogen-bond acceptors (Lipinski definition) is 8. The Bertz CT molecular complexity index is 1350. The van der Waals surface area contributed by atoms with Crippen molar-refractivity contribution >= 4 is 43.7 Å². The molecule has 4 saturated carbocycles. The molecular formula is C23H38N2O8S4. The summed E-state index contributed by atoms with van der Waals surface area (Å²) >= 11 is 0. The van der Waals surface area contributed by atoms with Crippen LogP contribution in [0.3, 0.4) is 0 Å². The fourth-order valence-electron chi connectivity index (χ4n) is 7.15. The van der Waals surface area contributed by atoms with Crippen LogP contribution < -0.4 is 0 Å². The first kappa shape index (κ1) is 29.2. The second kappa shape index (κ2) is 10.6. The minimum atomic E-state index is -5.44. The third kappa shape index (κ3) is 4.66. The van der Waals surface area contributed by atoms with Gasteiger partial charge in [-0.3, -0.25) is 0 Å². The quantitative estimate of drug-likeness (QED) is 0.194. The van der Waals surface area contributed by atoms with E-state index in [-0.39, 0.29) is 38.5 Å². The molecule has 2 unspecified atom stereocenters. The van der Waals surface area contributed by atoms with Crippen molar-refractivity contribution in [2.75, 3.05) is 0 Å². The molecule has 0 aromatic heterocycles. The second-order valence-electron chi connectivity index (χ2n) is 11.2. The van der Waals surface area contributed by atoms with Crippen LogP contribution in [0.1, 0.15) is 109 Å². The number of nitrogens with zero attached hydrogens (tertiary/aromatic N) is 2. The molecule has 0 amide bonds. The Hall–Kier alpha value is -0.820. The van der Waals surface area contributed by atoms with Gasteiger partial charge in [-0.05, 0) is 57.8 Å². The SMILES string of the molecule is [N-]=[N+]=C(S(=O)(=O)C1CCCC1)S(=O)(=O)C1(S(=O)(=O)C2CCCCC2)CCCC1S(=O)(=O)C1CCCCC1. The van der Waals surface area contributed by atoms with Gasteiger partial charge >= 0.3 is 4.38 Å². The molecule has 0 radical (unpaired) electrons. The van der Waals surface area contributed by atoms with E-state index in [1.54, 1.807) is 0 Å². The summed E-state index contributed by atoms with van der Waals surface area (Å²) < 4.78 is 108. The molecule has 0 N–H and O–H groups in total. The van der Waals surface area contributed by atoms with E-state index in [4.69, 9.17) is 0 Å². The Balaban J connectivity index is 1.94. The van der Waals surface area contributed by atoms with Gasteiger partial charge in [-0.2, -0.15) is 0 Å². The van der Waals surface area contributed by atoms with Gasteiger partial charge in [-0.1, -0.05) is 51.4 Å². The molecule has 10 nitrogen and oxygen atoms in total. The van der Waals surface area contributed by atoms with Crippen molar-refractivity contribution in [1.82, 2.24) is 0 Å². The third-order valence-corrected chi connectivity index (χ3v) is 21.6. The van der Waals surface area contributed by atoms with Crippen LogP contribution in [0.2, 0.25) is 0 Å². The summed E-state index contributed by atoms with van der Waals surface area (Å²) in [5, 5.41) is -4.87. The van der Waals surface area contributed by atoms with Crippen LogP contribution in [0.15, 0.2) is 0 Å². The van der Waals surface area contributed by atoms with Crippen LogP contribution in [0.4, 0.5) is 0 Å². The van der Waals surface area contributed by atoms with Crippen LogP contribution >= 0.6 is 0 Å².